The van der Waals surface area contributed by atoms with Crippen molar-refractivity contribution >= 4 is 23.2 Å². The molecule has 0 saturated heterocycles. The summed E-state index contributed by atoms with van der Waals surface area (Å²) in [5.74, 6) is 0.242. The number of aromatic nitrogens is 2. The summed E-state index contributed by atoms with van der Waals surface area (Å²) in [6.45, 7) is 1.29. The van der Waals surface area contributed by atoms with Crippen LogP contribution in [0.5, 0.6) is 0 Å². The average molecular weight is 360 g/mol. The Kier molecular flexibility index (Phi) is 7.28. The van der Waals surface area contributed by atoms with Gasteiger partial charge in [0.05, 0.1) is 5.56 Å². The molecule has 0 aliphatic carbocycles. The fourth-order valence-electron chi connectivity index (χ4n) is 2.34. The van der Waals surface area contributed by atoms with Gasteiger partial charge in [-0.05, 0) is 49.7 Å². The van der Waals surface area contributed by atoms with Gasteiger partial charge < -0.3 is 21.3 Å². The van der Waals surface area contributed by atoms with E-state index in [2.05, 4.69) is 20.8 Å². The molecule has 0 unspecified atom stereocenters. The summed E-state index contributed by atoms with van der Waals surface area (Å²) in [5.41, 5.74) is 6.27. The first kappa shape index (κ1) is 19.6. The zero-order valence-electron chi connectivity index (χ0n) is 15.1. The maximum Gasteiger partial charge on any atom is 0.258 e. The van der Waals surface area contributed by atoms with Gasteiger partial charge in [-0.15, -0.1) is 10.2 Å². The molecular formula is C18H25FN6O. The number of unbranched alkanes of at least 4 members (excludes halogenated alkanes) is 2. The van der Waals surface area contributed by atoms with Crippen molar-refractivity contribution in [1.82, 2.24) is 10.2 Å². The predicted octanol–water partition coefficient (Wildman–Crippen LogP) is 2.47. The Balaban J connectivity index is 2.05. The molecule has 1 aromatic carbocycles. The third kappa shape index (κ3) is 5.66. The lowest BCUT2D eigenvalue weighted by molar-refractivity contribution is 0.102. The standard InChI is InChI=1S/C18H25FN6O/c1-25(2)17-9-8-16(23-24-17)22-18(26)14-7-6-13(19)12-15(14)21-11-5-3-4-10-20/h6-9,12,21H,3-5,10-11,20H2,1-2H3,(H,22,23,26). The van der Waals surface area contributed by atoms with Crippen LogP contribution in [0.25, 0.3) is 0 Å². The molecule has 0 bridgehead atoms. The van der Waals surface area contributed by atoms with Crippen LogP contribution in [0.15, 0.2) is 30.3 Å². The van der Waals surface area contributed by atoms with Crippen molar-refractivity contribution in [3.05, 3.63) is 41.7 Å². The topological polar surface area (TPSA) is 96.2 Å². The normalized spacial score (nSPS) is 10.5. The number of nitrogens with one attached hydrogen (secondary N) is 2. The van der Waals surface area contributed by atoms with Gasteiger partial charge in [0.15, 0.2) is 11.6 Å². The zero-order chi connectivity index (χ0) is 18.9. The molecule has 0 spiro atoms. The summed E-state index contributed by atoms with van der Waals surface area (Å²) in [4.78, 5) is 14.3. The minimum atomic E-state index is -0.402. The number of carbonyl (C=O) groups is 1. The Labute approximate surface area is 152 Å². The van der Waals surface area contributed by atoms with E-state index in [9.17, 15) is 9.18 Å². The zero-order valence-corrected chi connectivity index (χ0v) is 15.1. The van der Waals surface area contributed by atoms with E-state index in [4.69, 9.17) is 5.73 Å². The molecule has 4 N–H and O–H groups in total. The number of amides is 1. The highest BCUT2D eigenvalue weighted by Crippen LogP contribution is 2.19. The van der Waals surface area contributed by atoms with Gasteiger partial charge in [-0.3, -0.25) is 4.79 Å². The molecule has 2 aromatic rings. The van der Waals surface area contributed by atoms with E-state index in [-0.39, 0.29) is 5.91 Å². The van der Waals surface area contributed by atoms with Crippen LogP contribution in [0.1, 0.15) is 29.6 Å². The second kappa shape index (κ2) is 9.67. The van der Waals surface area contributed by atoms with Crippen molar-refractivity contribution in [1.29, 1.82) is 0 Å². The van der Waals surface area contributed by atoms with Crippen molar-refractivity contribution in [2.45, 2.75) is 19.3 Å². The van der Waals surface area contributed by atoms with Crippen LogP contribution >= 0.6 is 0 Å². The van der Waals surface area contributed by atoms with Gasteiger partial charge in [0, 0.05) is 26.3 Å². The molecule has 0 saturated carbocycles. The quantitative estimate of drug-likeness (QED) is 0.595. The van der Waals surface area contributed by atoms with Crippen molar-refractivity contribution < 1.29 is 9.18 Å². The fraction of sp³-hybridized carbons (Fsp3) is 0.389. The molecular weight excluding hydrogens is 335 g/mol. The Morgan fingerprint density at radius 1 is 1.15 bits per heavy atom. The summed E-state index contributed by atoms with van der Waals surface area (Å²) in [5, 5.41) is 13.8. The largest absolute Gasteiger partial charge is 0.384 e. The number of nitrogens with two attached hydrogens (primary N) is 1. The fourth-order valence-corrected chi connectivity index (χ4v) is 2.34. The average Bonchev–Trinajstić information content (AvgIpc) is 2.62. The summed E-state index contributed by atoms with van der Waals surface area (Å²) in [6.07, 6.45) is 2.82. The van der Waals surface area contributed by atoms with Gasteiger partial charge in [-0.25, -0.2) is 4.39 Å². The second-order valence-electron chi connectivity index (χ2n) is 6.09. The van der Waals surface area contributed by atoms with E-state index < -0.39 is 5.82 Å². The molecule has 0 fully saturated rings. The first-order valence-electron chi connectivity index (χ1n) is 8.57. The van der Waals surface area contributed by atoms with Crippen molar-refractivity contribution in [3.63, 3.8) is 0 Å². The van der Waals surface area contributed by atoms with E-state index >= 15 is 0 Å². The Morgan fingerprint density at radius 3 is 2.62 bits per heavy atom. The van der Waals surface area contributed by atoms with Crippen molar-refractivity contribution in [3.8, 4) is 0 Å². The first-order valence-corrected chi connectivity index (χ1v) is 8.57. The van der Waals surface area contributed by atoms with Crippen molar-refractivity contribution in [2.24, 2.45) is 5.73 Å². The maximum absolute atomic E-state index is 13.6. The number of nitrogens with zero attached hydrogens (tertiary/aromatic N) is 3. The lowest BCUT2D eigenvalue weighted by Crippen LogP contribution is -2.17. The van der Waals surface area contributed by atoms with Gasteiger partial charge >= 0.3 is 0 Å². The number of hydrogen-bond donors (Lipinski definition) is 3. The minimum Gasteiger partial charge on any atom is -0.384 e. The molecule has 0 aliphatic rings. The SMILES string of the molecule is CN(C)c1ccc(NC(=O)c2ccc(F)cc2NCCCCCN)nn1. The number of hydrogen-bond acceptors (Lipinski definition) is 6. The summed E-state index contributed by atoms with van der Waals surface area (Å²) in [6, 6.07) is 7.45. The Bertz CT molecular complexity index is 720. The molecule has 1 amide bonds. The molecule has 140 valence electrons. The van der Waals surface area contributed by atoms with Gasteiger partial charge in [0.1, 0.15) is 5.82 Å². The molecule has 7 nitrogen and oxygen atoms in total. The molecule has 2 rings (SSSR count). The molecule has 26 heavy (non-hydrogen) atoms. The van der Waals surface area contributed by atoms with E-state index in [0.717, 1.165) is 19.3 Å². The van der Waals surface area contributed by atoms with Crippen LogP contribution in [0.2, 0.25) is 0 Å². The molecule has 0 aliphatic heterocycles. The number of rotatable bonds is 9. The van der Waals surface area contributed by atoms with Crippen LogP contribution in [-0.4, -0.2) is 43.3 Å². The molecule has 1 aromatic heterocycles. The monoisotopic (exact) mass is 360 g/mol. The van der Waals surface area contributed by atoms with E-state index in [1.165, 1.54) is 18.2 Å². The van der Waals surface area contributed by atoms with Crippen LogP contribution in [0, 0.1) is 5.82 Å². The number of halogens is 1. The smallest absolute Gasteiger partial charge is 0.258 e. The van der Waals surface area contributed by atoms with Crippen molar-refractivity contribution in [2.75, 3.05) is 42.7 Å². The summed E-state index contributed by atoms with van der Waals surface area (Å²) >= 11 is 0. The predicted molar refractivity (Wildman–Crippen MR) is 102 cm³/mol. The number of anilines is 3. The molecule has 0 radical (unpaired) electrons. The van der Waals surface area contributed by atoms with E-state index in [1.807, 2.05) is 19.0 Å². The summed E-state index contributed by atoms with van der Waals surface area (Å²) in [7, 11) is 3.71. The van der Waals surface area contributed by atoms with Gasteiger partial charge in [0.2, 0.25) is 0 Å². The van der Waals surface area contributed by atoms with Crippen LogP contribution in [0.4, 0.5) is 21.7 Å². The Morgan fingerprint density at radius 2 is 1.96 bits per heavy atom. The summed E-state index contributed by atoms with van der Waals surface area (Å²) < 4.78 is 13.6. The van der Waals surface area contributed by atoms with Gasteiger partial charge in [0.25, 0.3) is 5.91 Å². The minimum absolute atomic E-state index is 0.332. The van der Waals surface area contributed by atoms with Gasteiger partial charge in [-0.2, -0.15) is 0 Å². The lowest BCUT2D eigenvalue weighted by atomic mass is 10.1. The van der Waals surface area contributed by atoms with E-state index in [1.54, 1.807) is 12.1 Å². The van der Waals surface area contributed by atoms with Gasteiger partial charge in [-0.1, -0.05) is 6.42 Å². The van der Waals surface area contributed by atoms with E-state index in [0.29, 0.717) is 36.0 Å². The molecule has 1 heterocycles. The van der Waals surface area contributed by atoms with Crippen LogP contribution < -0.4 is 21.3 Å². The highest BCUT2D eigenvalue weighted by atomic mass is 19.1. The molecule has 0 atom stereocenters. The number of benzene rings is 1. The first-order chi connectivity index (χ1) is 12.5. The highest BCUT2D eigenvalue weighted by molar-refractivity contribution is 6.07. The number of carbonyl (C=O) groups excluding carboxylic acids is 1. The van der Waals surface area contributed by atoms with Crippen LogP contribution in [0.3, 0.4) is 0 Å². The highest BCUT2D eigenvalue weighted by Gasteiger charge is 2.13. The second-order valence-corrected chi connectivity index (χ2v) is 6.09. The lowest BCUT2D eigenvalue weighted by Gasteiger charge is -2.13. The Hall–Kier alpha value is -2.74. The third-order valence-electron chi connectivity index (χ3n) is 3.77. The third-order valence-corrected chi connectivity index (χ3v) is 3.77. The van der Waals surface area contributed by atoms with Crippen LogP contribution in [-0.2, 0) is 0 Å². The molecule has 8 heteroatoms. The maximum atomic E-state index is 13.6.